The van der Waals surface area contributed by atoms with Crippen LogP contribution in [0, 0.1) is 11.8 Å². The van der Waals surface area contributed by atoms with E-state index in [0.29, 0.717) is 7.80 Å². The largest absolute Gasteiger partial charge is 0.149 e. The number of rotatable bonds is 4. The molecule has 0 aliphatic rings. The lowest BCUT2D eigenvalue weighted by molar-refractivity contribution is 0.723. The zero-order valence-electron chi connectivity index (χ0n) is 8.02. The van der Waals surface area contributed by atoms with Crippen LogP contribution in [-0.4, -0.2) is 19.9 Å². The van der Waals surface area contributed by atoms with Crippen molar-refractivity contribution in [3.8, 4) is 0 Å². The highest BCUT2D eigenvalue weighted by atomic mass is 31.1. The highest BCUT2D eigenvalue weighted by Crippen LogP contribution is 2.33. The molecular weight excluding hydrogens is 138 g/mol. The fourth-order valence-corrected chi connectivity index (χ4v) is 3.96. The topological polar surface area (TPSA) is 0 Å². The summed E-state index contributed by atoms with van der Waals surface area (Å²) in [6.45, 7) is 9.27. The van der Waals surface area contributed by atoms with Crippen molar-refractivity contribution < 1.29 is 0 Å². The maximum Gasteiger partial charge on any atom is 0.134 e. The quantitative estimate of drug-likeness (QED) is 0.435. The summed E-state index contributed by atoms with van der Waals surface area (Å²) >= 11 is 0. The van der Waals surface area contributed by atoms with Gasteiger partial charge in [-0.05, 0) is 24.2 Å². The minimum absolute atomic E-state index is 0.341. The van der Waals surface area contributed by atoms with E-state index < -0.39 is 0 Å². The summed E-state index contributed by atoms with van der Waals surface area (Å²) in [6.07, 6.45) is 2.90. The van der Waals surface area contributed by atoms with E-state index in [9.17, 15) is 0 Å². The van der Waals surface area contributed by atoms with E-state index in [2.05, 4.69) is 35.3 Å². The first kappa shape index (κ1) is 10.5. The average Bonchev–Trinajstić information content (AvgIpc) is 1.58. The summed E-state index contributed by atoms with van der Waals surface area (Å²) in [5, 5.41) is 0. The first-order valence-electron chi connectivity index (χ1n) is 4.21. The van der Waals surface area contributed by atoms with Gasteiger partial charge in [0.1, 0.15) is 7.57 Å². The average molecular weight is 158 g/mol. The van der Waals surface area contributed by atoms with Crippen LogP contribution in [0.25, 0.3) is 0 Å². The fraction of sp³-hybridized carbons (Fsp3) is 1.00. The molecule has 0 aromatic heterocycles. The van der Waals surface area contributed by atoms with Crippen LogP contribution in [0.3, 0.4) is 0 Å². The lowest BCUT2D eigenvalue weighted by atomic mass is 10.3. The zero-order chi connectivity index (χ0) is 8.15. The molecule has 0 radical (unpaired) electrons. The fourth-order valence-electron chi connectivity index (χ4n) is 1.32. The highest BCUT2D eigenvalue weighted by molar-refractivity contribution is 7.82. The molecule has 0 nitrogen and oxygen atoms in total. The van der Waals surface area contributed by atoms with Crippen molar-refractivity contribution in [1.29, 1.82) is 0 Å². The minimum Gasteiger partial charge on any atom is -0.149 e. The monoisotopic (exact) mass is 158 g/mol. The first-order valence-corrected chi connectivity index (χ1v) is 6.36. The standard InChI is InChI=1S/C8H20BP/c1-7(2)5-10(9)6-8(3)4/h7-8H,5-6,9H2,1-4H3. The first-order chi connectivity index (χ1) is 4.52. The minimum atomic E-state index is 0.341. The third-order valence-electron chi connectivity index (χ3n) is 1.35. The van der Waals surface area contributed by atoms with Gasteiger partial charge in [-0.1, -0.05) is 27.7 Å². The van der Waals surface area contributed by atoms with Gasteiger partial charge in [0.2, 0.25) is 0 Å². The summed E-state index contributed by atoms with van der Waals surface area (Å²) < 4.78 is 0. The Morgan fingerprint density at radius 1 is 1.00 bits per heavy atom. The Morgan fingerprint density at radius 2 is 1.30 bits per heavy atom. The molecule has 0 N–H and O–H groups in total. The molecular formula is C8H20BP. The van der Waals surface area contributed by atoms with Crippen LogP contribution in [0.1, 0.15) is 27.7 Å². The normalized spacial score (nSPS) is 11.9. The smallest absolute Gasteiger partial charge is 0.134 e. The van der Waals surface area contributed by atoms with Gasteiger partial charge in [0.05, 0.1) is 0 Å². The van der Waals surface area contributed by atoms with Crippen molar-refractivity contribution in [1.82, 2.24) is 0 Å². The highest BCUT2D eigenvalue weighted by Gasteiger charge is 2.05. The maximum atomic E-state index is 2.43. The molecule has 0 aromatic carbocycles. The molecule has 60 valence electrons. The molecule has 0 amide bonds. The number of hydrogen-bond acceptors (Lipinski definition) is 0. The molecule has 0 heterocycles. The van der Waals surface area contributed by atoms with Crippen LogP contribution in [0.15, 0.2) is 0 Å². The molecule has 0 fully saturated rings. The summed E-state index contributed by atoms with van der Waals surface area (Å²) in [7, 11) is 2.77. The summed E-state index contributed by atoms with van der Waals surface area (Å²) in [5.41, 5.74) is 0. The van der Waals surface area contributed by atoms with Gasteiger partial charge in [0.25, 0.3) is 0 Å². The van der Waals surface area contributed by atoms with Gasteiger partial charge in [-0.25, -0.2) is 0 Å². The lowest BCUT2D eigenvalue weighted by Crippen LogP contribution is -2.01. The molecule has 0 aromatic rings. The van der Waals surface area contributed by atoms with E-state index >= 15 is 0 Å². The second-order valence-corrected chi connectivity index (χ2v) is 6.45. The molecule has 0 atom stereocenters. The molecule has 0 bridgehead atoms. The second-order valence-electron chi connectivity index (χ2n) is 4.01. The maximum absolute atomic E-state index is 2.43. The molecule has 0 unspecified atom stereocenters. The van der Waals surface area contributed by atoms with Crippen LogP contribution >= 0.6 is 7.80 Å². The second kappa shape index (κ2) is 5.19. The van der Waals surface area contributed by atoms with Gasteiger partial charge < -0.3 is 0 Å². The van der Waals surface area contributed by atoms with Crippen molar-refractivity contribution in [2.45, 2.75) is 27.7 Å². The lowest BCUT2D eigenvalue weighted by Gasteiger charge is -2.16. The van der Waals surface area contributed by atoms with Gasteiger partial charge >= 0.3 is 0 Å². The molecule has 0 aliphatic carbocycles. The van der Waals surface area contributed by atoms with Gasteiger partial charge in [-0.2, -0.15) is 0 Å². The van der Waals surface area contributed by atoms with Gasteiger partial charge in [-0.3, -0.25) is 0 Å². The van der Waals surface area contributed by atoms with Gasteiger partial charge in [0.15, 0.2) is 0 Å². The molecule has 0 spiro atoms. The van der Waals surface area contributed by atoms with Crippen molar-refractivity contribution in [2.75, 3.05) is 12.3 Å². The molecule has 0 aliphatic heterocycles. The Bertz CT molecular complexity index is 71.3. The molecule has 2 heteroatoms. The van der Waals surface area contributed by atoms with Crippen molar-refractivity contribution in [2.24, 2.45) is 11.8 Å². The van der Waals surface area contributed by atoms with E-state index in [1.165, 1.54) is 12.3 Å². The summed E-state index contributed by atoms with van der Waals surface area (Å²) in [4.78, 5) is 0. The van der Waals surface area contributed by atoms with Crippen molar-refractivity contribution >= 4 is 15.4 Å². The van der Waals surface area contributed by atoms with Crippen LogP contribution in [0.5, 0.6) is 0 Å². The molecule has 0 saturated heterocycles. The Morgan fingerprint density at radius 3 is 1.50 bits per heavy atom. The third-order valence-corrected chi connectivity index (χ3v) is 4.06. The van der Waals surface area contributed by atoms with Gasteiger partial charge in [0, 0.05) is 0 Å². The van der Waals surface area contributed by atoms with Gasteiger partial charge in [-0.15, -0.1) is 7.80 Å². The summed E-state index contributed by atoms with van der Waals surface area (Å²) in [6, 6.07) is 0. The number of hydrogen-bond donors (Lipinski definition) is 0. The predicted octanol–water partition coefficient (Wildman–Crippen LogP) is 2.33. The molecule has 0 rings (SSSR count). The van der Waals surface area contributed by atoms with E-state index in [4.69, 9.17) is 0 Å². The molecule has 0 saturated carbocycles. The van der Waals surface area contributed by atoms with Crippen LogP contribution in [-0.2, 0) is 0 Å². The summed E-state index contributed by atoms with van der Waals surface area (Å²) in [5.74, 6) is 1.80. The predicted molar refractivity (Wildman–Crippen MR) is 54.9 cm³/mol. The molecule has 10 heavy (non-hydrogen) atoms. The van der Waals surface area contributed by atoms with Crippen LogP contribution in [0.4, 0.5) is 0 Å². The van der Waals surface area contributed by atoms with E-state index in [0.717, 1.165) is 11.8 Å². The van der Waals surface area contributed by atoms with E-state index in [-0.39, 0.29) is 0 Å². The van der Waals surface area contributed by atoms with E-state index in [1.807, 2.05) is 0 Å². The Labute approximate surface area is 67.9 Å². The SMILES string of the molecule is BP(CC(C)C)CC(C)C. The zero-order valence-corrected chi connectivity index (χ0v) is 8.91. The Kier molecular flexibility index (Phi) is 5.44. The van der Waals surface area contributed by atoms with E-state index in [1.54, 1.807) is 0 Å². The van der Waals surface area contributed by atoms with Crippen molar-refractivity contribution in [3.05, 3.63) is 0 Å². The Hall–Kier alpha value is 0.495. The van der Waals surface area contributed by atoms with Crippen LogP contribution in [0.2, 0.25) is 0 Å². The Balaban J connectivity index is 3.34. The van der Waals surface area contributed by atoms with Crippen molar-refractivity contribution in [3.63, 3.8) is 0 Å². The van der Waals surface area contributed by atoms with Crippen LogP contribution < -0.4 is 0 Å². The third kappa shape index (κ3) is 6.61.